The van der Waals surface area contributed by atoms with Crippen LogP contribution in [0, 0.1) is 0 Å². The van der Waals surface area contributed by atoms with Crippen LogP contribution in [0.1, 0.15) is 24.0 Å². The molecule has 3 heteroatoms. The largest absolute Gasteiger partial charge is 0.482 e. The lowest BCUT2D eigenvalue weighted by atomic mass is 9.89. The number of fused-ring (bicyclic) bond motifs is 1. The van der Waals surface area contributed by atoms with Crippen molar-refractivity contribution >= 4 is 5.97 Å². The maximum atomic E-state index is 10.5. The number of aryl methyl sites for hydroxylation is 2. The fourth-order valence-corrected chi connectivity index (χ4v) is 2.80. The van der Waals surface area contributed by atoms with Gasteiger partial charge in [0.1, 0.15) is 5.75 Å². The van der Waals surface area contributed by atoms with E-state index in [1.165, 1.54) is 42.4 Å². The number of benzene rings is 2. The summed E-state index contributed by atoms with van der Waals surface area (Å²) in [7, 11) is 0. The van der Waals surface area contributed by atoms with Gasteiger partial charge in [-0.3, -0.25) is 0 Å². The number of carbonyl (C=O) groups is 1. The molecular weight excluding hydrogens is 264 g/mol. The molecule has 1 aliphatic carbocycles. The summed E-state index contributed by atoms with van der Waals surface area (Å²) in [6, 6.07) is 14.3. The van der Waals surface area contributed by atoms with Gasteiger partial charge < -0.3 is 9.84 Å². The number of hydrogen-bond acceptors (Lipinski definition) is 2. The Morgan fingerprint density at radius 3 is 2.33 bits per heavy atom. The van der Waals surface area contributed by atoms with Crippen molar-refractivity contribution in [1.82, 2.24) is 0 Å². The Balaban J connectivity index is 1.79. The van der Waals surface area contributed by atoms with Crippen LogP contribution in [0.15, 0.2) is 42.5 Å². The third-order valence-electron chi connectivity index (χ3n) is 3.90. The Morgan fingerprint density at radius 2 is 1.62 bits per heavy atom. The molecule has 0 aliphatic heterocycles. The van der Waals surface area contributed by atoms with Crippen molar-refractivity contribution in [3.63, 3.8) is 0 Å². The predicted octanol–water partition coefficient (Wildman–Crippen LogP) is 3.70. The van der Waals surface area contributed by atoms with Crippen molar-refractivity contribution in [2.24, 2.45) is 0 Å². The van der Waals surface area contributed by atoms with Crippen molar-refractivity contribution in [2.75, 3.05) is 6.61 Å². The Labute approximate surface area is 124 Å². The second-order valence-electron chi connectivity index (χ2n) is 5.40. The molecule has 0 saturated heterocycles. The minimum absolute atomic E-state index is 0.307. The number of hydrogen-bond donors (Lipinski definition) is 1. The Kier molecular flexibility index (Phi) is 3.91. The second kappa shape index (κ2) is 6.00. The molecule has 108 valence electrons. The predicted molar refractivity (Wildman–Crippen MR) is 81.7 cm³/mol. The molecule has 1 N–H and O–H groups in total. The lowest BCUT2D eigenvalue weighted by Gasteiger charge is -2.16. The van der Waals surface area contributed by atoms with Crippen LogP contribution < -0.4 is 4.74 Å². The van der Waals surface area contributed by atoms with Crippen molar-refractivity contribution in [1.29, 1.82) is 0 Å². The third-order valence-corrected chi connectivity index (χ3v) is 3.90. The summed E-state index contributed by atoms with van der Waals surface area (Å²) in [6.45, 7) is -0.307. The van der Waals surface area contributed by atoms with Crippen molar-refractivity contribution < 1.29 is 14.6 Å². The molecule has 0 aromatic heterocycles. The molecule has 0 heterocycles. The zero-order chi connectivity index (χ0) is 14.7. The van der Waals surface area contributed by atoms with Crippen LogP contribution in [0.2, 0.25) is 0 Å². The first-order chi connectivity index (χ1) is 10.2. The van der Waals surface area contributed by atoms with E-state index in [1.807, 2.05) is 24.3 Å². The molecule has 2 aromatic carbocycles. The molecule has 0 saturated carbocycles. The van der Waals surface area contributed by atoms with Crippen LogP contribution in [-0.2, 0) is 17.6 Å². The molecule has 0 unspecified atom stereocenters. The molecule has 2 aromatic rings. The highest BCUT2D eigenvalue weighted by Crippen LogP contribution is 2.28. The van der Waals surface area contributed by atoms with Crippen molar-refractivity contribution in [3.05, 3.63) is 53.6 Å². The highest BCUT2D eigenvalue weighted by Gasteiger charge is 2.10. The summed E-state index contributed by atoms with van der Waals surface area (Å²) < 4.78 is 5.15. The Morgan fingerprint density at radius 1 is 0.952 bits per heavy atom. The van der Waals surface area contributed by atoms with Crippen LogP contribution in [0.25, 0.3) is 11.1 Å². The number of carboxylic acid groups (broad SMARTS) is 1. The molecule has 3 rings (SSSR count). The van der Waals surface area contributed by atoms with E-state index in [-0.39, 0.29) is 6.61 Å². The van der Waals surface area contributed by atoms with Crippen LogP contribution in [0.3, 0.4) is 0 Å². The molecule has 0 radical (unpaired) electrons. The smallest absolute Gasteiger partial charge is 0.341 e. The number of rotatable bonds is 4. The van der Waals surface area contributed by atoms with Gasteiger partial charge in [-0.05, 0) is 60.1 Å². The average molecular weight is 282 g/mol. The second-order valence-corrected chi connectivity index (χ2v) is 5.40. The summed E-state index contributed by atoms with van der Waals surface area (Å²) in [5.41, 5.74) is 5.28. The molecule has 3 nitrogen and oxygen atoms in total. The van der Waals surface area contributed by atoms with Gasteiger partial charge in [-0.1, -0.05) is 30.3 Å². The normalized spacial score (nSPS) is 13.5. The monoisotopic (exact) mass is 282 g/mol. The number of carboxylic acids is 1. The number of aliphatic carboxylic acids is 1. The van der Waals surface area contributed by atoms with Gasteiger partial charge in [0.15, 0.2) is 6.61 Å². The zero-order valence-electron chi connectivity index (χ0n) is 11.8. The van der Waals surface area contributed by atoms with E-state index in [4.69, 9.17) is 9.84 Å². The van der Waals surface area contributed by atoms with Gasteiger partial charge >= 0.3 is 5.97 Å². The van der Waals surface area contributed by atoms with Gasteiger partial charge in [0.05, 0.1) is 0 Å². The lowest BCUT2D eigenvalue weighted by Crippen LogP contribution is -2.09. The van der Waals surface area contributed by atoms with Crippen LogP contribution >= 0.6 is 0 Å². The van der Waals surface area contributed by atoms with Gasteiger partial charge in [0.2, 0.25) is 0 Å². The van der Waals surface area contributed by atoms with Gasteiger partial charge in [-0.25, -0.2) is 4.79 Å². The SMILES string of the molecule is O=C(O)COc1ccc(-c2ccc3c(c2)CCCC3)cc1. The van der Waals surface area contributed by atoms with Crippen LogP contribution in [0.4, 0.5) is 0 Å². The Hall–Kier alpha value is -2.29. The molecule has 0 bridgehead atoms. The first-order valence-corrected chi connectivity index (χ1v) is 7.29. The highest BCUT2D eigenvalue weighted by molar-refractivity contribution is 5.69. The molecular formula is C18H18O3. The third kappa shape index (κ3) is 3.24. The fraction of sp³-hybridized carbons (Fsp3) is 0.278. The van der Waals surface area contributed by atoms with Gasteiger partial charge in [0.25, 0.3) is 0 Å². The van der Waals surface area contributed by atoms with Gasteiger partial charge in [-0.15, -0.1) is 0 Å². The van der Waals surface area contributed by atoms with E-state index in [0.29, 0.717) is 5.75 Å². The van der Waals surface area contributed by atoms with E-state index >= 15 is 0 Å². The first kappa shape index (κ1) is 13.7. The number of ether oxygens (including phenoxy) is 1. The minimum Gasteiger partial charge on any atom is -0.482 e. The van der Waals surface area contributed by atoms with Crippen molar-refractivity contribution in [3.8, 4) is 16.9 Å². The van der Waals surface area contributed by atoms with Gasteiger partial charge in [-0.2, -0.15) is 0 Å². The summed E-state index contributed by atoms with van der Waals surface area (Å²) in [4.78, 5) is 10.5. The van der Waals surface area contributed by atoms with E-state index in [0.717, 1.165) is 5.56 Å². The van der Waals surface area contributed by atoms with Gasteiger partial charge in [0, 0.05) is 0 Å². The van der Waals surface area contributed by atoms with E-state index in [1.54, 1.807) is 0 Å². The van der Waals surface area contributed by atoms with Crippen molar-refractivity contribution in [2.45, 2.75) is 25.7 Å². The maximum absolute atomic E-state index is 10.5. The zero-order valence-corrected chi connectivity index (χ0v) is 11.8. The molecule has 0 atom stereocenters. The molecule has 0 amide bonds. The minimum atomic E-state index is -0.964. The van der Waals surface area contributed by atoms with Crippen LogP contribution in [0.5, 0.6) is 5.75 Å². The molecule has 21 heavy (non-hydrogen) atoms. The van der Waals surface area contributed by atoms with E-state index in [9.17, 15) is 4.79 Å². The van der Waals surface area contributed by atoms with Crippen LogP contribution in [-0.4, -0.2) is 17.7 Å². The quantitative estimate of drug-likeness (QED) is 0.930. The summed E-state index contributed by atoms with van der Waals surface area (Å²) in [5.74, 6) is -0.382. The summed E-state index contributed by atoms with van der Waals surface area (Å²) in [5, 5.41) is 8.59. The van der Waals surface area contributed by atoms with E-state index in [2.05, 4.69) is 18.2 Å². The average Bonchev–Trinajstić information content (AvgIpc) is 2.53. The molecule has 0 fully saturated rings. The van der Waals surface area contributed by atoms with E-state index < -0.39 is 5.97 Å². The summed E-state index contributed by atoms with van der Waals surface area (Å²) in [6.07, 6.45) is 4.93. The fourth-order valence-electron chi connectivity index (χ4n) is 2.80. The first-order valence-electron chi connectivity index (χ1n) is 7.29. The lowest BCUT2D eigenvalue weighted by molar-refractivity contribution is -0.139. The Bertz CT molecular complexity index is 644. The highest BCUT2D eigenvalue weighted by atomic mass is 16.5. The maximum Gasteiger partial charge on any atom is 0.341 e. The molecule has 0 spiro atoms. The standard InChI is InChI=1S/C18H18O3/c19-18(20)12-21-17-9-7-14(8-10-17)16-6-5-13-3-1-2-4-15(13)11-16/h5-11H,1-4,12H2,(H,19,20). The summed E-state index contributed by atoms with van der Waals surface area (Å²) >= 11 is 0. The molecule has 1 aliphatic rings. The topological polar surface area (TPSA) is 46.5 Å².